The van der Waals surface area contributed by atoms with E-state index in [2.05, 4.69) is 63.7 Å². The van der Waals surface area contributed by atoms with Crippen LogP contribution in [0, 0.1) is 0 Å². The van der Waals surface area contributed by atoms with E-state index < -0.39 is 0 Å². The fraction of sp³-hybridized carbons (Fsp3) is 0.143. The van der Waals surface area contributed by atoms with E-state index in [1.807, 2.05) is 24.3 Å². The molecule has 20 heavy (non-hydrogen) atoms. The van der Waals surface area contributed by atoms with E-state index in [9.17, 15) is 0 Å². The van der Waals surface area contributed by atoms with Gasteiger partial charge in [-0.1, -0.05) is 18.2 Å². The van der Waals surface area contributed by atoms with Gasteiger partial charge in [-0.15, -0.1) is 0 Å². The van der Waals surface area contributed by atoms with Crippen molar-refractivity contribution in [3.8, 4) is 22.6 Å². The van der Waals surface area contributed by atoms with Crippen molar-refractivity contribution in [2.75, 3.05) is 14.2 Å². The van der Waals surface area contributed by atoms with Gasteiger partial charge in [0.15, 0.2) is 0 Å². The Kier molecular flexibility index (Phi) is 5.56. The van der Waals surface area contributed by atoms with Crippen molar-refractivity contribution in [3.63, 3.8) is 0 Å². The zero-order chi connectivity index (χ0) is 14.9. The Hall–Kier alpha value is -0.0400. The van der Waals surface area contributed by atoms with Crippen LogP contribution in [0.1, 0.15) is 0 Å². The minimum Gasteiger partial charge on any atom is -0.496 e. The summed E-state index contributed by atoms with van der Waals surface area (Å²) in [5, 5.41) is 0. The molecule has 0 radical (unpaired) electrons. The first-order valence-corrected chi connectivity index (χ1v) is 8.73. The second kappa shape index (κ2) is 6.81. The Morgan fingerprint density at radius 2 is 1.35 bits per heavy atom. The molecule has 2 aromatic rings. The van der Waals surface area contributed by atoms with Gasteiger partial charge in [-0.05, 0) is 69.8 Å². The largest absolute Gasteiger partial charge is 0.496 e. The molecular weight excluding hydrogens is 520 g/mol. The average Bonchev–Trinajstić information content (AvgIpc) is 2.48. The summed E-state index contributed by atoms with van der Waals surface area (Å²) >= 11 is 14.3. The Bertz CT molecular complexity index is 656. The molecule has 0 aromatic heterocycles. The summed E-state index contributed by atoms with van der Waals surface area (Å²) in [6.07, 6.45) is 0. The van der Waals surface area contributed by atoms with Crippen LogP contribution in [0.15, 0.2) is 42.2 Å². The van der Waals surface area contributed by atoms with Gasteiger partial charge in [0.1, 0.15) is 11.5 Å². The topological polar surface area (TPSA) is 18.5 Å². The molecule has 0 unspecified atom stereocenters. The van der Waals surface area contributed by atoms with Crippen LogP contribution in [0.5, 0.6) is 11.5 Å². The van der Waals surface area contributed by atoms with E-state index in [-0.39, 0.29) is 0 Å². The molecule has 2 aromatic carbocycles. The van der Waals surface area contributed by atoms with Crippen LogP contribution in [-0.2, 0) is 0 Å². The third-order valence-electron chi connectivity index (χ3n) is 2.80. The third kappa shape index (κ3) is 2.80. The molecule has 0 heterocycles. The highest BCUT2D eigenvalue weighted by Crippen LogP contribution is 2.51. The van der Waals surface area contributed by atoms with Gasteiger partial charge in [0, 0.05) is 20.1 Å². The van der Waals surface area contributed by atoms with Gasteiger partial charge in [0.05, 0.1) is 23.2 Å². The maximum Gasteiger partial charge on any atom is 0.143 e. The fourth-order valence-corrected chi connectivity index (χ4v) is 4.35. The number of hydrogen-bond donors (Lipinski definition) is 0. The first kappa shape index (κ1) is 16.3. The number of ether oxygens (including phenoxy) is 2. The first-order chi connectivity index (χ1) is 9.52. The normalized spacial score (nSPS) is 10.5. The molecular formula is C14H10Br4O2. The maximum atomic E-state index is 5.56. The van der Waals surface area contributed by atoms with Gasteiger partial charge >= 0.3 is 0 Å². The van der Waals surface area contributed by atoms with E-state index in [1.165, 1.54) is 0 Å². The summed E-state index contributed by atoms with van der Waals surface area (Å²) < 4.78 is 14.5. The van der Waals surface area contributed by atoms with Crippen molar-refractivity contribution in [2.24, 2.45) is 0 Å². The number of methoxy groups -OCH3 is 2. The van der Waals surface area contributed by atoms with Crippen molar-refractivity contribution in [3.05, 3.63) is 42.2 Å². The number of rotatable bonds is 3. The maximum absolute atomic E-state index is 5.56. The van der Waals surface area contributed by atoms with Crippen LogP contribution >= 0.6 is 63.7 Å². The quantitative estimate of drug-likeness (QED) is 0.337. The van der Waals surface area contributed by atoms with E-state index in [0.29, 0.717) is 0 Å². The molecule has 0 fully saturated rings. The van der Waals surface area contributed by atoms with Gasteiger partial charge in [-0.2, -0.15) is 0 Å². The van der Waals surface area contributed by atoms with Gasteiger partial charge in [0.2, 0.25) is 0 Å². The second-order valence-corrected chi connectivity index (χ2v) is 7.04. The van der Waals surface area contributed by atoms with Crippen LogP contribution in [0.4, 0.5) is 0 Å². The Morgan fingerprint density at radius 1 is 0.750 bits per heavy atom. The van der Waals surface area contributed by atoms with E-state index in [4.69, 9.17) is 9.47 Å². The molecule has 0 atom stereocenters. The van der Waals surface area contributed by atoms with Crippen LogP contribution in [0.3, 0.4) is 0 Å². The minimum atomic E-state index is 0.733. The Balaban J connectivity index is 2.86. The molecule has 0 saturated heterocycles. The summed E-state index contributed by atoms with van der Waals surface area (Å²) in [5.41, 5.74) is 1.87. The molecule has 106 valence electrons. The van der Waals surface area contributed by atoms with E-state index in [0.717, 1.165) is 40.5 Å². The molecule has 0 amide bonds. The van der Waals surface area contributed by atoms with E-state index >= 15 is 0 Å². The van der Waals surface area contributed by atoms with Crippen LogP contribution in [-0.4, -0.2) is 14.2 Å². The molecule has 0 aliphatic rings. The predicted octanol–water partition coefficient (Wildman–Crippen LogP) is 6.42. The van der Waals surface area contributed by atoms with Gasteiger partial charge in [0.25, 0.3) is 0 Å². The lowest BCUT2D eigenvalue weighted by molar-refractivity contribution is 0.408. The fourth-order valence-electron chi connectivity index (χ4n) is 1.89. The van der Waals surface area contributed by atoms with Gasteiger partial charge in [-0.25, -0.2) is 0 Å². The van der Waals surface area contributed by atoms with Crippen molar-refractivity contribution in [1.29, 1.82) is 0 Å². The molecule has 0 aliphatic heterocycles. The first-order valence-electron chi connectivity index (χ1n) is 5.56. The Morgan fingerprint density at radius 3 is 1.95 bits per heavy atom. The molecule has 0 N–H and O–H groups in total. The minimum absolute atomic E-state index is 0.733. The Labute approximate surface area is 151 Å². The highest BCUT2D eigenvalue weighted by atomic mass is 79.9. The van der Waals surface area contributed by atoms with E-state index in [1.54, 1.807) is 14.2 Å². The number of para-hydroxylation sites is 1. The van der Waals surface area contributed by atoms with Crippen molar-refractivity contribution >= 4 is 63.7 Å². The molecule has 0 bridgehead atoms. The molecule has 2 rings (SSSR count). The molecule has 0 aliphatic carbocycles. The highest BCUT2D eigenvalue weighted by molar-refractivity contribution is 9.15. The zero-order valence-electron chi connectivity index (χ0n) is 10.6. The molecule has 2 nitrogen and oxygen atoms in total. The lowest BCUT2D eigenvalue weighted by Gasteiger charge is -2.18. The third-order valence-corrected chi connectivity index (χ3v) is 7.54. The van der Waals surface area contributed by atoms with Crippen molar-refractivity contribution in [2.45, 2.75) is 0 Å². The van der Waals surface area contributed by atoms with Crippen LogP contribution in [0.25, 0.3) is 11.1 Å². The zero-order valence-corrected chi connectivity index (χ0v) is 17.0. The van der Waals surface area contributed by atoms with Gasteiger partial charge in [-0.3, -0.25) is 0 Å². The summed E-state index contributed by atoms with van der Waals surface area (Å²) in [6, 6.07) is 7.82. The number of hydrogen-bond acceptors (Lipinski definition) is 2. The van der Waals surface area contributed by atoms with Crippen molar-refractivity contribution in [1.82, 2.24) is 0 Å². The molecule has 0 saturated carbocycles. The summed E-state index contributed by atoms with van der Waals surface area (Å²) in [6.45, 7) is 0. The lowest BCUT2D eigenvalue weighted by atomic mass is 10.0. The number of halogens is 4. The summed E-state index contributed by atoms with van der Waals surface area (Å²) in [7, 11) is 3.30. The standard InChI is InChI=1S/C14H10Br4O2/c1-19-8-6-4-3-5-7(8)9-10(15)11(16)12(17)13(18)14(9)20-2/h3-6H,1-2H3. The van der Waals surface area contributed by atoms with Crippen LogP contribution < -0.4 is 9.47 Å². The molecule has 0 spiro atoms. The SMILES string of the molecule is COc1ccccc1-c1c(Br)c(Br)c(Br)c(Br)c1OC. The second-order valence-electron chi connectivity index (χ2n) is 3.86. The van der Waals surface area contributed by atoms with Gasteiger partial charge < -0.3 is 9.47 Å². The smallest absolute Gasteiger partial charge is 0.143 e. The van der Waals surface area contributed by atoms with Crippen LogP contribution in [0.2, 0.25) is 0 Å². The average molecular weight is 530 g/mol. The molecule has 6 heteroatoms. The summed E-state index contributed by atoms with van der Waals surface area (Å²) in [5.74, 6) is 1.52. The number of benzene rings is 2. The lowest BCUT2D eigenvalue weighted by Crippen LogP contribution is -1.95. The van der Waals surface area contributed by atoms with Crippen molar-refractivity contribution < 1.29 is 9.47 Å². The summed E-state index contributed by atoms with van der Waals surface area (Å²) in [4.78, 5) is 0. The highest BCUT2D eigenvalue weighted by Gasteiger charge is 2.22. The monoisotopic (exact) mass is 526 g/mol. The predicted molar refractivity (Wildman–Crippen MR) is 95.8 cm³/mol.